The van der Waals surface area contributed by atoms with E-state index in [4.69, 9.17) is 51.1 Å². The van der Waals surface area contributed by atoms with Crippen molar-refractivity contribution in [1.29, 1.82) is 0 Å². The fourth-order valence-electron chi connectivity index (χ4n) is 6.98. The molecule has 3 aromatic carbocycles. The van der Waals surface area contributed by atoms with Crippen LogP contribution in [0.4, 0.5) is 17.1 Å². The Morgan fingerprint density at radius 2 is 1.10 bits per heavy atom. The number of carbonyl (C=O) groups excluding carboxylic acids is 1. The normalized spacial score (nSPS) is 16.9. The summed E-state index contributed by atoms with van der Waals surface area (Å²) in [4.78, 5) is 24.6. The zero-order chi connectivity index (χ0) is 33.5. The molecule has 3 aliphatic rings. The summed E-state index contributed by atoms with van der Waals surface area (Å²) in [6.07, 6.45) is 5.45. The molecular weight excluding hydrogens is 759 g/mol. The second-order valence-electron chi connectivity index (χ2n) is 12.9. The van der Waals surface area contributed by atoms with E-state index in [0.717, 1.165) is 127 Å². The van der Waals surface area contributed by atoms with E-state index in [1.54, 1.807) is 0 Å². The number of unbranched alkanes of at least 4 members (excludes halogenated alkanes) is 2. The molecule has 0 saturated carbocycles. The van der Waals surface area contributed by atoms with Gasteiger partial charge in [-0.2, -0.15) is 0 Å². The number of anilines is 3. The van der Waals surface area contributed by atoms with Gasteiger partial charge < -0.3 is 19.4 Å². The van der Waals surface area contributed by atoms with Crippen LogP contribution in [0.2, 0.25) is 20.1 Å². The van der Waals surface area contributed by atoms with Gasteiger partial charge in [-0.15, -0.1) is 24.8 Å². The molecule has 0 aliphatic carbocycles. The van der Waals surface area contributed by atoms with Crippen LogP contribution in [0, 0.1) is 0 Å². The van der Waals surface area contributed by atoms with Crippen LogP contribution in [0.15, 0.2) is 54.6 Å². The van der Waals surface area contributed by atoms with Crippen LogP contribution in [-0.2, 0) is 11.2 Å². The Bertz CT molecular complexity index is 1550. The van der Waals surface area contributed by atoms with E-state index in [2.05, 4.69) is 37.8 Å². The number of amides is 1. The van der Waals surface area contributed by atoms with Crippen LogP contribution in [0.3, 0.4) is 0 Å². The summed E-state index contributed by atoms with van der Waals surface area (Å²) in [6, 6.07) is 17.9. The molecule has 0 spiro atoms. The van der Waals surface area contributed by atoms with Crippen LogP contribution >= 0.6 is 71.2 Å². The van der Waals surface area contributed by atoms with Gasteiger partial charge in [-0.25, -0.2) is 0 Å². The SMILES string of the molecule is Cl.Cl.O=C1CCc2ccc(OCCCCN3CCN(c4cccc(Cl)c4Cl)CC3)cc2N1CCCCN1CCN(c2cccc(Cl)c2Cl)CC1. The summed E-state index contributed by atoms with van der Waals surface area (Å²) in [5.41, 5.74) is 4.29. The quantitative estimate of drug-likeness (QED) is 0.161. The summed E-state index contributed by atoms with van der Waals surface area (Å²) in [5, 5.41) is 2.48. The van der Waals surface area contributed by atoms with Gasteiger partial charge in [-0.1, -0.05) is 64.6 Å². The number of rotatable bonds is 13. The highest BCUT2D eigenvalue weighted by molar-refractivity contribution is 6.44. The largest absolute Gasteiger partial charge is 0.494 e. The van der Waals surface area contributed by atoms with Crippen molar-refractivity contribution in [2.75, 3.05) is 93.3 Å². The lowest BCUT2D eigenvalue weighted by Gasteiger charge is -2.36. The van der Waals surface area contributed by atoms with Crippen molar-refractivity contribution in [3.63, 3.8) is 0 Å². The maximum Gasteiger partial charge on any atom is 0.227 e. The third kappa shape index (κ3) is 10.4. The molecule has 6 rings (SSSR count). The number of piperazine rings is 2. The first-order valence-electron chi connectivity index (χ1n) is 17.3. The Morgan fingerprint density at radius 3 is 1.66 bits per heavy atom. The predicted octanol–water partition coefficient (Wildman–Crippen LogP) is 9.01. The van der Waals surface area contributed by atoms with E-state index in [1.807, 2.05) is 41.3 Å². The zero-order valence-electron chi connectivity index (χ0n) is 28.3. The van der Waals surface area contributed by atoms with Gasteiger partial charge in [0.25, 0.3) is 0 Å². The lowest BCUT2D eigenvalue weighted by molar-refractivity contribution is -0.118. The molecule has 274 valence electrons. The van der Waals surface area contributed by atoms with Gasteiger partial charge in [0.1, 0.15) is 5.75 Å². The van der Waals surface area contributed by atoms with Gasteiger partial charge in [-0.3, -0.25) is 14.6 Å². The molecule has 13 heteroatoms. The molecule has 0 unspecified atom stereocenters. The summed E-state index contributed by atoms with van der Waals surface area (Å²) >= 11 is 25.3. The van der Waals surface area contributed by atoms with Gasteiger partial charge in [0.05, 0.1) is 43.8 Å². The molecule has 3 aliphatic heterocycles. The third-order valence-electron chi connectivity index (χ3n) is 9.79. The molecule has 0 aromatic heterocycles. The van der Waals surface area contributed by atoms with Crippen molar-refractivity contribution in [1.82, 2.24) is 9.80 Å². The monoisotopic (exact) mass is 803 g/mol. The molecule has 3 aromatic rings. The molecule has 1 amide bonds. The number of ether oxygens (including phenoxy) is 1. The summed E-state index contributed by atoms with van der Waals surface area (Å²) in [7, 11) is 0. The van der Waals surface area contributed by atoms with E-state index in [0.29, 0.717) is 33.1 Å². The summed E-state index contributed by atoms with van der Waals surface area (Å²) < 4.78 is 6.19. The van der Waals surface area contributed by atoms with E-state index in [-0.39, 0.29) is 30.7 Å². The fraction of sp³-hybridized carbons (Fsp3) is 0.486. The van der Waals surface area contributed by atoms with Crippen LogP contribution in [0.1, 0.15) is 37.7 Å². The molecule has 2 saturated heterocycles. The minimum absolute atomic E-state index is 0. The average molecular weight is 807 g/mol. The van der Waals surface area contributed by atoms with Crippen molar-refractivity contribution in [3.05, 3.63) is 80.3 Å². The number of hydrogen-bond acceptors (Lipinski definition) is 6. The number of fused-ring (bicyclic) bond motifs is 1. The number of carbonyl (C=O) groups is 1. The smallest absolute Gasteiger partial charge is 0.227 e. The number of aryl methyl sites for hydroxylation is 1. The lowest BCUT2D eigenvalue weighted by Crippen LogP contribution is -2.46. The van der Waals surface area contributed by atoms with Gasteiger partial charge in [0.2, 0.25) is 5.91 Å². The lowest BCUT2D eigenvalue weighted by atomic mass is 10.0. The highest BCUT2D eigenvalue weighted by Gasteiger charge is 2.25. The van der Waals surface area contributed by atoms with Gasteiger partial charge in [0.15, 0.2) is 0 Å². The Hall–Kier alpha value is -1.81. The maximum absolute atomic E-state index is 13.0. The van der Waals surface area contributed by atoms with Crippen LogP contribution in [0.25, 0.3) is 0 Å². The molecule has 2 fully saturated rings. The molecule has 50 heavy (non-hydrogen) atoms. The van der Waals surface area contributed by atoms with E-state index < -0.39 is 0 Å². The van der Waals surface area contributed by atoms with E-state index in [9.17, 15) is 4.79 Å². The van der Waals surface area contributed by atoms with Crippen LogP contribution in [-0.4, -0.2) is 94.3 Å². The summed E-state index contributed by atoms with van der Waals surface area (Å²) in [5.74, 6) is 1.06. The molecular formula is C37H47Cl6N5O2. The van der Waals surface area contributed by atoms with Crippen LogP contribution < -0.4 is 19.4 Å². The first kappa shape index (κ1) is 41.0. The van der Waals surface area contributed by atoms with Gasteiger partial charge in [0, 0.05) is 71.4 Å². The van der Waals surface area contributed by atoms with Crippen molar-refractivity contribution >= 4 is 94.2 Å². The van der Waals surface area contributed by atoms with Gasteiger partial charge in [-0.05, 0) is 81.1 Å². The van der Waals surface area contributed by atoms with Crippen LogP contribution in [0.5, 0.6) is 5.75 Å². The Labute approximate surface area is 329 Å². The van der Waals surface area contributed by atoms with E-state index >= 15 is 0 Å². The highest BCUT2D eigenvalue weighted by Crippen LogP contribution is 2.35. The average Bonchev–Trinajstić information content (AvgIpc) is 3.10. The second kappa shape index (κ2) is 19.9. The first-order chi connectivity index (χ1) is 23.4. The Morgan fingerprint density at radius 1 is 0.580 bits per heavy atom. The molecule has 3 heterocycles. The second-order valence-corrected chi connectivity index (χ2v) is 14.5. The highest BCUT2D eigenvalue weighted by atomic mass is 35.5. The standard InChI is InChI=1S/C37H45Cl4N5O2.2ClH/c38-30-7-5-9-32(36(30)40)44-22-18-42(19-23-44)15-1-2-17-46-34-27-29(13-11-28(34)12-14-35(46)47)48-26-4-3-16-43-20-24-45(25-21-43)33-10-6-8-31(39)37(33)41;;/h5-11,13,27H,1-4,12,14-26H2;2*1H. The topological polar surface area (TPSA) is 42.5 Å². The molecule has 0 bridgehead atoms. The number of benzene rings is 3. The minimum atomic E-state index is 0. The molecule has 0 N–H and O–H groups in total. The van der Waals surface area contributed by atoms with Crippen molar-refractivity contribution in [2.24, 2.45) is 0 Å². The third-order valence-corrected chi connectivity index (χ3v) is 11.4. The Balaban J connectivity index is 0.00000281. The number of hydrogen-bond donors (Lipinski definition) is 0. The first-order valence-corrected chi connectivity index (χ1v) is 18.8. The zero-order valence-corrected chi connectivity index (χ0v) is 33.0. The fourth-order valence-corrected chi connectivity index (χ4v) is 7.81. The number of nitrogens with zero attached hydrogens (tertiary/aromatic N) is 5. The minimum Gasteiger partial charge on any atom is -0.494 e. The maximum atomic E-state index is 13.0. The number of halogens is 6. The Kier molecular flexibility index (Phi) is 16.3. The summed E-state index contributed by atoms with van der Waals surface area (Å²) in [6.45, 7) is 11.2. The molecule has 0 radical (unpaired) electrons. The van der Waals surface area contributed by atoms with Crippen molar-refractivity contribution in [2.45, 2.75) is 38.5 Å². The molecule has 7 nitrogen and oxygen atoms in total. The van der Waals surface area contributed by atoms with Crippen molar-refractivity contribution in [3.8, 4) is 5.75 Å². The van der Waals surface area contributed by atoms with Gasteiger partial charge >= 0.3 is 0 Å². The van der Waals surface area contributed by atoms with Crippen molar-refractivity contribution < 1.29 is 9.53 Å². The molecule has 0 atom stereocenters. The predicted molar refractivity (Wildman–Crippen MR) is 216 cm³/mol. The van der Waals surface area contributed by atoms with E-state index in [1.165, 1.54) is 5.56 Å².